The molecule has 1 amide bonds. The third-order valence-corrected chi connectivity index (χ3v) is 3.76. The van der Waals surface area contributed by atoms with Crippen molar-refractivity contribution in [1.82, 2.24) is 4.90 Å². The molecule has 0 saturated carbocycles. The van der Waals surface area contributed by atoms with E-state index in [0.717, 1.165) is 12.8 Å². The van der Waals surface area contributed by atoms with Gasteiger partial charge < -0.3 is 4.74 Å². The predicted molar refractivity (Wildman–Crippen MR) is 84.1 cm³/mol. The van der Waals surface area contributed by atoms with E-state index in [1.807, 2.05) is 32.9 Å². The number of nitrogens with zero attached hydrogens (tertiary/aromatic N) is 1. The molecule has 1 fully saturated rings. The number of carbonyl (C=O) groups excluding carboxylic acids is 2. The number of ether oxygens (including phenoxy) is 1. The highest BCUT2D eigenvalue weighted by atomic mass is 16.6. The highest BCUT2D eigenvalue weighted by Crippen LogP contribution is 2.42. The smallest absolute Gasteiger partial charge is 0.410 e. The number of ketones is 1. The van der Waals surface area contributed by atoms with Crippen LogP contribution in [0, 0.1) is 5.41 Å². The Morgan fingerprint density at radius 2 is 1.81 bits per heavy atom. The first-order valence-electron chi connectivity index (χ1n) is 7.36. The van der Waals surface area contributed by atoms with Gasteiger partial charge in [0.15, 0.2) is 5.78 Å². The van der Waals surface area contributed by atoms with Crippen molar-refractivity contribution in [3.63, 3.8) is 0 Å². The molecule has 0 aromatic carbocycles. The fourth-order valence-corrected chi connectivity index (χ4v) is 2.92. The van der Waals surface area contributed by atoms with E-state index in [2.05, 4.69) is 13.2 Å². The summed E-state index contributed by atoms with van der Waals surface area (Å²) in [6, 6.07) is -0.417. The maximum Gasteiger partial charge on any atom is 0.410 e. The maximum absolute atomic E-state index is 12.4. The molecule has 1 rings (SSSR count). The molecule has 21 heavy (non-hydrogen) atoms. The molecule has 4 heteroatoms. The fraction of sp³-hybridized carbons (Fsp3) is 0.647. The molecule has 0 aliphatic carbocycles. The van der Waals surface area contributed by atoms with Crippen LogP contribution in [0.25, 0.3) is 0 Å². The van der Waals surface area contributed by atoms with Crippen LogP contribution in [0.1, 0.15) is 47.0 Å². The van der Waals surface area contributed by atoms with Crippen LogP contribution in [-0.2, 0) is 9.53 Å². The van der Waals surface area contributed by atoms with E-state index in [1.165, 1.54) is 6.92 Å². The Hall–Kier alpha value is -1.58. The van der Waals surface area contributed by atoms with Crippen LogP contribution in [0.4, 0.5) is 4.79 Å². The molecule has 0 spiro atoms. The second kappa shape index (κ2) is 6.46. The molecule has 0 N–H and O–H groups in total. The first-order chi connectivity index (χ1) is 9.64. The highest BCUT2D eigenvalue weighted by molar-refractivity contribution is 5.86. The van der Waals surface area contributed by atoms with Crippen molar-refractivity contribution in [3.8, 4) is 0 Å². The zero-order valence-corrected chi connectivity index (χ0v) is 13.6. The standard InChI is InChI=1S/C17H27NO3/c1-7-9-17(10-8-2)11-14(13(3)19)18(12-17)15(20)21-16(4,5)6/h7-8,14H,1-2,9-12H2,3-6H3. The van der Waals surface area contributed by atoms with Crippen LogP contribution in [-0.4, -0.2) is 35.0 Å². The summed E-state index contributed by atoms with van der Waals surface area (Å²) in [7, 11) is 0. The van der Waals surface area contributed by atoms with Gasteiger partial charge in [-0.25, -0.2) is 4.79 Å². The number of Topliss-reactive ketones (excluding diaryl/α,β-unsaturated/α-hetero) is 1. The van der Waals surface area contributed by atoms with Crippen LogP contribution in [0.5, 0.6) is 0 Å². The maximum atomic E-state index is 12.4. The SMILES string of the molecule is C=CCC1(CC=C)CC(C(C)=O)N(C(=O)OC(C)(C)C)C1. The lowest BCUT2D eigenvalue weighted by molar-refractivity contribution is -0.121. The molecule has 1 saturated heterocycles. The first kappa shape index (κ1) is 17.5. The Kier molecular flexibility index (Phi) is 5.37. The van der Waals surface area contributed by atoms with Crippen LogP contribution in [0.3, 0.4) is 0 Å². The summed E-state index contributed by atoms with van der Waals surface area (Å²) in [6.45, 7) is 15.1. The summed E-state index contributed by atoms with van der Waals surface area (Å²) in [5, 5.41) is 0. The zero-order chi connectivity index (χ0) is 16.3. The number of allylic oxidation sites excluding steroid dienone is 2. The summed E-state index contributed by atoms with van der Waals surface area (Å²) in [6.07, 6.45) is 5.42. The number of amides is 1. The van der Waals surface area contributed by atoms with Crippen molar-refractivity contribution in [2.24, 2.45) is 5.41 Å². The number of hydrogen-bond donors (Lipinski definition) is 0. The van der Waals surface area contributed by atoms with Crippen molar-refractivity contribution in [1.29, 1.82) is 0 Å². The van der Waals surface area contributed by atoms with Gasteiger partial charge >= 0.3 is 6.09 Å². The lowest BCUT2D eigenvalue weighted by Gasteiger charge is -2.29. The quantitative estimate of drug-likeness (QED) is 0.726. The third kappa shape index (κ3) is 4.45. The molecule has 0 aromatic heterocycles. The normalized spacial score (nSPS) is 21.0. The van der Waals surface area contributed by atoms with Gasteiger partial charge in [-0.05, 0) is 52.4 Å². The average molecular weight is 293 g/mol. The summed E-state index contributed by atoms with van der Waals surface area (Å²) in [4.78, 5) is 25.9. The fourth-order valence-electron chi connectivity index (χ4n) is 2.92. The van der Waals surface area contributed by atoms with Crippen LogP contribution < -0.4 is 0 Å². The summed E-state index contributed by atoms with van der Waals surface area (Å²) in [5.41, 5.74) is -0.725. The van der Waals surface area contributed by atoms with Gasteiger partial charge in [0.1, 0.15) is 5.60 Å². The van der Waals surface area contributed by atoms with E-state index in [9.17, 15) is 9.59 Å². The van der Waals surface area contributed by atoms with E-state index in [4.69, 9.17) is 4.74 Å². The van der Waals surface area contributed by atoms with Crippen molar-refractivity contribution in [2.75, 3.05) is 6.54 Å². The Balaban J connectivity index is 3.00. The van der Waals surface area contributed by atoms with Crippen molar-refractivity contribution in [2.45, 2.75) is 58.6 Å². The van der Waals surface area contributed by atoms with Crippen molar-refractivity contribution < 1.29 is 14.3 Å². The number of carbonyl (C=O) groups is 2. The Morgan fingerprint density at radius 1 is 1.29 bits per heavy atom. The van der Waals surface area contributed by atoms with Gasteiger partial charge in [0.25, 0.3) is 0 Å². The average Bonchev–Trinajstić information content (AvgIpc) is 2.68. The molecule has 4 nitrogen and oxygen atoms in total. The van der Waals surface area contributed by atoms with Gasteiger partial charge in [-0.3, -0.25) is 9.69 Å². The lowest BCUT2D eigenvalue weighted by atomic mass is 9.79. The van der Waals surface area contributed by atoms with Crippen LogP contribution in [0.2, 0.25) is 0 Å². The van der Waals surface area contributed by atoms with E-state index in [0.29, 0.717) is 13.0 Å². The van der Waals surface area contributed by atoms with Gasteiger partial charge in [0, 0.05) is 6.54 Å². The van der Waals surface area contributed by atoms with Crippen molar-refractivity contribution in [3.05, 3.63) is 25.3 Å². The number of likely N-dealkylation sites (tertiary alicyclic amines) is 1. The summed E-state index contributed by atoms with van der Waals surface area (Å²) < 4.78 is 5.43. The zero-order valence-electron chi connectivity index (χ0n) is 13.6. The summed E-state index contributed by atoms with van der Waals surface area (Å²) in [5.74, 6) is -0.00383. The molecule has 0 radical (unpaired) electrons. The first-order valence-corrected chi connectivity index (χ1v) is 7.36. The Morgan fingerprint density at radius 3 is 2.19 bits per heavy atom. The van der Waals surface area contributed by atoms with Gasteiger partial charge in [0.05, 0.1) is 6.04 Å². The van der Waals surface area contributed by atoms with Crippen LogP contribution in [0.15, 0.2) is 25.3 Å². The Labute approximate surface area is 127 Å². The minimum Gasteiger partial charge on any atom is -0.444 e. The van der Waals surface area contributed by atoms with Crippen LogP contribution >= 0.6 is 0 Å². The molecule has 1 aliphatic rings. The third-order valence-electron chi connectivity index (χ3n) is 3.76. The highest BCUT2D eigenvalue weighted by Gasteiger charge is 2.47. The minimum absolute atomic E-state index is 0.00383. The van der Waals surface area contributed by atoms with E-state index < -0.39 is 17.7 Å². The monoisotopic (exact) mass is 293 g/mol. The molecule has 0 aromatic rings. The van der Waals surface area contributed by atoms with Crippen molar-refractivity contribution >= 4 is 11.9 Å². The second-order valence-electron chi connectivity index (χ2n) is 6.92. The van der Waals surface area contributed by atoms with Gasteiger partial charge in [0.2, 0.25) is 0 Å². The predicted octanol–water partition coefficient (Wildman–Crippen LogP) is 3.72. The van der Waals surface area contributed by atoms with Gasteiger partial charge in [-0.1, -0.05) is 12.2 Å². The number of hydrogen-bond acceptors (Lipinski definition) is 3. The molecule has 0 bridgehead atoms. The molecule has 118 valence electrons. The molecule has 1 atom stereocenters. The molecular weight excluding hydrogens is 266 g/mol. The molecule has 1 heterocycles. The Bertz CT molecular complexity index is 424. The van der Waals surface area contributed by atoms with E-state index in [-0.39, 0.29) is 11.2 Å². The second-order valence-corrected chi connectivity index (χ2v) is 6.92. The van der Waals surface area contributed by atoms with E-state index in [1.54, 1.807) is 4.90 Å². The molecular formula is C17H27NO3. The van der Waals surface area contributed by atoms with Gasteiger partial charge in [-0.15, -0.1) is 13.2 Å². The molecule has 1 aliphatic heterocycles. The minimum atomic E-state index is -0.569. The summed E-state index contributed by atoms with van der Waals surface area (Å²) >= 11 is 0. The van der Waals surface area contributed by atoms with E-state index >= 15 is 0 Å². The lowest BCUT2D eigenvalue weighted by Crippen LogP contribution is -2.43. The largest absolute Gasteiger partial charge is 0.444 e. The number of rotatable bonds is 5. The van der Waals surface area contributed by atoms with Gasteiger partial charge in [-0.2, -0.15) is 0 Å². The molecule has 1 unspecified atom stereocenters. The topological polar surface area (TPSA) is 46.6 Å².